The van der Waals surface area contributed by atoms with Gasteiger partial charge in [-0.2, -0.15) is 0 Å². The average molecular weight is 333 g/mol. The molecule has 1 aliphatic rings. The predicted molar refractivity (Wildman–Crippen MR) is 74.5 cm³/mol. The molecule has 5 nitrogen and oxygen atoms in total. The van der Waals surface area contributed by atoms with Crippen molar-refractivity contribution in [3.8, 4) is 0 Å². The third-order valence-electron chi connectivity index (χ3n) is 3.42. The molecule has 1 amide bonds. The highest BCUT2D eigenvalue weighted by Crippen LogP contribution is 2.17. The Morgan fingerprint density at radius 2 is 2.05 bits per heavy atom. The number of hydrogen-bond donors (Lipinski definition) is 1. The van der Waals surface area contributed by atoms with Crippen molar-refractivity contribution in [1.82, 2.24) is 4.72 Å². The lowest BCUT2D eigenvalue weighted by Crippen LogP contribution is -2.31. The lowest BCUT2D eigenvalue weighted by Gasteiger charge is -2.22. The van der Waals surface area contributed by atoms with Gasteiger partial charge in [-0.3, -0.25) is 4.79 Å². The number of nitrogens with one attached hydrogen (secondary N) is 1. The summed E-state index contributed by atoms with van der Waals surface area (Å²) in [6.07, 6.45) is 3.26. The van der Waals surface area contributed by atoms with Crippen molar-refractivity contribution in [3.63, 3.8) is 0 Å². The van der Waals surface area contributed by atoms with Crippen LogP contribution in [0.3, 0.4) is 0 Å². The second-order valence-corrected chi connectivity index (χ2v) is 6.81. The fraction of sp³-hybridized carbons (Fsp3) is 0.500. The van der Waals surface area contributed by atoms with E-state index in [1.165, 1.54) is 0 Å². The summed E-state index contributed by atoms with van der Waals surface area (Å²) in [7, 11) is -4.20. The number of hydrogen-bond acceptors (Lipinski definition) is 4. The van der Waals surface area contributed by atoms with Gasteiger partial charge in [-0.1, -0.05) is 0 Å². The highest BCUT2D eigenvalue weighted by atomic mass is 32.2. The van der Waals surface area contributed by atoms with E-state index in [2.05, 4.69) is 0 Å². The van der Waals surface area contributed by atoms with E-state index in [1.807, 2.05) is 4.72 Å². The van der Waals surface area contributed by atoms with E-state index in [9.17, 15) is 22.0 Å². The molecule has 1 aliphatic heterocycles. The van der Waals surface area contributed by atoms with E-state index in [0.29, 0.717) is 25.2 Å². The van der Waals surface area contributed by atoms with Crippen LogP contribution in [-0.2, 0) is 19.6 Å². The van der Waals surface area contributed by atoms with Gasteiger partial charge in [-0.05, 0) is 43.9 Å². The molecule has 0 saturated carbocycles. The molecule has 0 bridgehead atoms. The summed E-state index contributed by atoms with van der Waals surface area (Å²) in [5.41, 5.74) is 0. The van der Waals surface area contributed by atoms with Crippen LogP contribution in [-0.4, -0.2) is 27.0 Å². The molecule has 0 spiro atoms. The zero-order valence-electron chi connectivity index (χ0n) is 11.8. The van der Waals surface area contributed by atoms with Gasteiger partial charge in [0.15, 0.2) is 11.6 Å². The summed E-state index contributed by atoms with van der Waals surface area (Å²) in [6.45, 7) is 0.652. The van der Waals surface area contributed by atoms with Crippen LogP contribution < -0.4 is 4.72 Å². The Morgan fingerprint density at radius 3 is 2.68 bits per heavy atom. The molecule has 1 fully saturated rings. The summed E-state index contributed by atoms with van der Waals surface area (Å²) < 4.78 is 57.0. The number of carbonyl (C=O) groups is 1. The Kier molecular flexibility index (Phi) is 5.47. The van der Waals surface area contributed by atoms with Gasteiger partial charge in [-0.15, -0.1) is 0 Å². The summed E-state index contributed by atoms with van der Waals surface area (Å²) in [6, 6.07) is 2.14. The monoisotopic (exact) mass is 333 g/mol. The first-order valence-corrected chi connectivity index (χ1v) is 8.49. The zero-order chi connectivity index (χ0) is 16.2. The molecule has 1 atom stereocenters. The number of benzene rings is 1. The largest absolute Gasteiger partial charge is 0.378 e. The van der Waals surface area contributed by atoms with E-state index in [0.717, 1.165) is 25.3 Å². The first-order valence-electron chi connectivity index (χ1n) is 7.01. The number of rotatable bonds is 5. The van der Waals surface area contributed by atoms with Crippen LogP contribution in [0.1, 0.15) is 32.1 Å². The zero-order valence-corrected chi connectivity index (χ0v) is 12.7. The number of sulfonamides is 1. The first-order chi connectivity index (χ1) is 10.4. The molecular formula is C14H17F2NO4S. The quantitative estimate of drug-likeness (QED) is 0.896. The lowest BCUT2D eigenvalue weighted by molar-refractivity contribution is -0.120. The van der Waals surface area contributed by atoms with Gasteiger partial charge in [0.1, 0.15) is 0 Å². The van der Waals surface area contributed by atoms with Crippen LogP contribution in [0.4, 0.5) is 8.78 Å². The number of halogens is 2. The van der Waals surface area contributed by atoms with Crippen LogP contribution in [0.2, 0.25) is 0 Å². The second kappa shape index (κ2) is 7.15. The third kappa shape index (κ3) is 4.48. The summed E-state index contributed by atoms with van der Waals surface area (Å²) in [5, 5.41) is 0. The molecule has 2 rings (SSSR count). The molecule has 0 unspecified atom stereocenters. The molecular weight excluding hydrogens is 316 g/mol. The van der Waals surface area contributed by atoms with E-state index in [4.69, 9.17) is 4.74 Å². The lowest BCUT2D eigenvalue weighted by atomic mass is 10.0. The van der Waals surface area contributed by atoms with Crippen molar-refractivity contribution >= 4 is 15.9 Å². The molecule has 122 valence electrons. The van der Waals surface area contributed by atoms with E-state index in [1.54, 1.807) is 0 Å². The van der Waals surface area contributed by atoms with Crippen molar-refractivity contribution in [1.29, 1.82) is 0 Å². The van der Waals surface area contributed by atoms with Gasteiger partial charge in [0.25, 0.3) is 10.0 Å². The standard InChI is InChI=1S/C14H17F2NO4S/c15-12-6-5-11(9-13(12)16)22(19,20)17-14(18)7-4-10-3-1-2-8-21-10/h5-6,9-10H,1-4,7-8H2,(H,17,18)/t10-/m0/s1. The Labute approximate surface area is 127 Å². The van der Waals surface area contributed by atoms with E-state index >= 15 is 0 Å². The van der Waals surface area contributed by atoms with E-state index in [-0.39, 0.29) is 12.5 Å². The minimum atomic E-state index is -4.20. The summed E-state index contributed by atoms with van der Waals surface area (Å²) in [4.78, 5) is 11.2. The van der Waals surface area contributed by atoms with Crippen LogP contribution in [0.15, 0.2) is 23.1 Å². The van der Waals surface area contributed by atoms with Gasteiger partial charge >= 0.3 is 0 Å². The van der Waals surface area contributed by atoms with Crippen LogP contribution in [0, 0.1) is 11.6 Å². The van der Waals surface area contributed by atoms with Crippen LogP contribution >= 0.6 is 0 Å². The Hall–Kier alpha value is -1.54. The fourth-order valence-corrected chi connectivity index (χ4v) is 3.26. The topological polar surface area (TPSA) is 72.5 Å². The molecule has 0 aliphatic carbocycles. The molecule has 0 aromatic heterocycles. The Morgan fingerprint density at radius 1 is 1.27 bits per heavy atom. The predicted octanol–water partition coefficient (Wildman–Crippen LogP) is 2.12. The van der Waals surface area contributed by atoms with Crippen molar-refractivity contribution in [2.45, 2.75) is 43.1 Å². The molecule has 1 heterocycles. The van der Waals surface area contributed by atoms with Gasteiger partial charge in [-0.25, -0.2) is 21.9 Å². The molecule has 22 heavy (non-hydrogen) atoms. The number of ether oxygens (including phenoxy) is 1. The maximum atomic E-state index is 13.1. The molecule has 1 aromatic carbocycles. The number of carbonyl (C=O) groups excluding carboxylic acids is 1. The minimum Gasteiger partial charge on any atom is -0.378 e. The molecule has 8 heteroatoms. The van der Waals surface area contributed by atoms with Gasteiger partial charge in [0.05, 0.1) is 11.0 Å². The van der Waals surface area contributed by atoms with Crippen LogP contribution in [0.25, 0.3) is 0 Å². The molecule has 0 radical (unpaired) electrons. The van der Waals surface area contributed by atoms with Gasteiger partial charge in [0.2, 0.25) is 5.91 Å². The molecule has 1 N–H and O–H groups in total. The average Bonchev–Trinajstić information content (AvgIpc) is 2.48. The van der Waals surface area contributed by atoms with Gasteiger partial charge < -0.3 is 4.74 Å². The number of amides is 1. The van der Waals surface area contributed by atoms with Crippen molar-refractivity contribution in [2.75, 3.05) is 6.61 Å². The third-order valence-corrected chi connectivity index (χ3v) is 4.79. The van der Waals surface area contributed by atoms with Crippen molar-refractivity contribution in [3.05, 3.63) is 29.8 Å². The first kappa shape index (κ1) is 16.8. The highest BCUT2D eigenvalue weighted by Gasteiger charge is 2.21. The molecule has 1 aromatic rings. The van der Waals surface area contributed by atoms with Crippen LogP contribution in [0.5, 0.6) is 0 Å². The highest BCUT2D eigenvalue weighted by molar-refractivity contribution is 7.90. The van der Waals surface area contributed by atoms with Crippen molar-refractivity contribution < 1.29 is 26.7 Å². The van der Waals surface area contributed by atoms with Gasteiger partial charge in [0, 0.05) is 13.0 Å². The van der Waals surface area contributed by atoms with E-state index < -0.39 is 32.5 Å². The minimum absolute atomic E-state index is 0.00638. The Balaban J connectivity index is 1.92. The maximum Gasteiger partial charge on any atom is 0.264 e. The Bertz CT molecular complexity index is 642. The normalized spacial score (nSPS) is 18.9. The fourth-order valence-electron chi connectivity index (χ4n) is 2.23. The molecule has 1 saturated heterocycles. The second-order valence-electron chi connectivity index (χ2n) is 5.13. The summed E-state index contributed by atoms with van der Waals surface area (Å²) in [5.74, 6) is -3.13. The summed E-state index contributed by atoms with van der Waals surface area (Å²) >= 11 is 0. The maximum absolute atomic E-state index is 13.1. The smallest absolute Gasteiger partial charge is 0.264 e. The SMILES string of the molecule is O=C(CC[C@@H]1CCCCO1)NS(=O)(=O)c1ccc(F)c(F)c1. The van der Waals surface area contributed by atoms with Crippen molar-refractivity contribution in [2.24, 2.45) is 0 Å².